The molecule has 0 spiro atoms. The molecule has 0 atom stereocenters. The van der Waals surface area contributed by atoms with Gasteiger partial charge in [0.25, 0.3) is 0 Å². The summed E-state index contributed by atoms with van der Waals surface area (Å²) in [6.45, 7) is 7.77. The van der Waals surface area contributed by atoms with Gasteiger partial charge in [-0.3, -0.25) is 4.79 Å². The summed E-state index contributed by atoms with van der Waals surface area (Å²) in [5.74, 6) is 1.52. The zero-order valence-corrected chi connectivity index (χ0v) is 20.6. The molecule has 2 heterocycles. The summed E-state index contributed by atoms with van der Waals surface area (Å²) in [4.78, 5) is 23.0. The van der Waals surface area contributed by atoms with Crippen molar-refractivity contribution in [3.63, 3.8) is 0 Å². The van der Waals surface area contributed by atoms with Crippen molar-refractivity contribution in [2.45, 2.75) is 39.8 Å². The molecule has 2 aromatic rings. The van der Waals surface area contributed by atoms with E-state index in [1.54, 1.807) is 0 Å². The molecule has 31 heavy (non-hydrogen) atoms. The minimum Gasteiger partial charge on any atom is -0.369 e. The van der Waals surface area contributed by atoms with Crippen LogP contribution in [-0.2, 0) is 17.9 Å². The minimum atomic E-state index is -0.197. The number of nitrogens with one attached hydrogen (secondary N) is 2. The maximum atomic E-state index is 11.4. The summed E-state index contributed by atoms with van der Waals surface area (Å²) >= 11 is 0. The number of hydrogen-bond donors (Lipinski definition) is 3. The Kier molecular flexibility index (Phi) is 10.0. The van der Waals surface area contributed by atoms with Crippen molar-refractivity contribution in [1.82, 2.24) is 15.6 Å². The Morgan fingerprint density at radius 3 is 2.68 bits per heavy atom. The topological polar surface area (TPSA) is 95.6 Å². The zero-order valence-electron chi connectivity index (χ0n) is 18.3. The van der Waals surface area contributed by atoms with Crippen LogP contribution in [0, 0.1) is 12.8 Å². The Morgan fingerprint density at radius 1 is 1.23 bits per heavy atom. The van der Waals surface area contributed by atoms with Crippen molar-refractivity contribution < 1.29 is 4.79 Å². The van der Waals surface area contributed by atoms with Gasteiger partial charge < -0.3 is 21.3 Å². The van der Waals surface area contributed by atoms with E-state index in [4.69, 9.17) is 10.7 Å². The molecule has 3 rings (SSSR count). The zero-order chi connectivity index (χ0) is 21.3. The molecule has 0 bridgehead atoms. The second-order valence-electron chi connectivity index (χ2n) is 7.69. The fourth-order valence-corrected chi connectivity index (χ4v) is 3.73. The minimum absolute atomic E-state index is 0. The fraction of sp³-hybridized carbons (Fsp3) is 0.435. The monoisotopic (exact) mass is 536 g/mol. The molecule has 1 aromatic heterocycles. The highest BCUT2D eigenvalue weighted by Crippen LogP contribution is 2.24. The lowest BCUT2D eigenvalue weighted by molar-refractivity contribution is -0.122. The quantitative estimate of drug-likeness (QED) is 0.288. The number of hydrogen-bond acceptors (Lipinski definition) is 4. The van der Waals surface area contributed by atoms with Crippen molar-refractivity contribution in [2.24, 2.45) is 16.6 Å². The Bertz CT molecular complexity index is 880. The maximum absolute atomic E-state index is 11.4. The molecule has 1 aliphatic heterocycles. The number of guanidine groups is 1. The number of primary amides is 1. The van der Waals surface area contributed by atoms with Crippen LogP contribution in [0.25, 0.3) is 0 Å². The van der Waals surface area contributed by atoms with Gasteiger partial charge in [0.15, 0.2) is 5.96 Å². The van der Waals surface area contributed by atoms with Crippen LogP contribution in [0.2, 0.25) is 0 Å². The highest BCUT2D eigenvalue weighted by molar-refractivity contribution is 14.0. The average molecular weight is 536 g/mol. The van der Waals surface area contributed by atoms with Gasteiger partial charge in [0.05, 0.1) is 6.54 Å². The van der Waals surface area contributed by atoms with Gasteiger partial charge in [-0.05, 0) is 38.3 Å². The Hall–Kier alpha value is -2.36. The molecule has 1 saturated heterocycles. The smallest absolute Gasteiger partial charge is 0.220 e. The number of benzene rings is 1. The second-order valence-corrected chi connectivity index (χ2v) is 7.69. The van der Waals surface area contributed by atoms with Crippen molar-refractivity contribution in [3.8, 4) is 0 Å². The molecule has 4 N–H and O–H groups in total. The maximum Gasteiger partial charge on any atom is 0.220 e. The molecule has 0 unspecified atom stereocenters. The van der Waals surface area contributed by atoms with Gasteiger partial charge in [0, 0.05) is 43.9 Å². The summed E-state index contributed by atoms with van der Waals surface area (Å²) in [5.41, 5.74) is 9.00. The van der Waals surface area contributed by atoms with Gasteiger partial charge in [-0.2, -0.15) is 0 Å². The third kappa shape index (κ3) is 7.37. The van der Waals surface area contributed by atoms with Crippen LogP contribution in [0.4, 0.5) is 5.82 Å². The number of aromatic nitrogens is 1. The van der Waals surface area contributed by atoms with Crippen LogP contribution in [0.5, 0.6) is 0 Å². The van der Waals surface area contributed by atoms with E-state index < -0.39 is 0 Å². The molecule has 0 radical (unpaired) electrons. The van der Waals surface area contributed by atoms with Gasteiger partial charge in [0.1, 0.15) is 5.82 Å². The van der Waals surface area contributed by atoms with Gasteiger partial charge in [0.2, 0.25) is 5.91 Å². The van der Waals surface area contributed by atoms with E-state index in [1.165, 1.54) is 11.1 Å². The number of nitrogens with two attached hydrogens (primary N) is 1. The van der Waals surface area contributed by atoms with Gasteiger partial charge >= 0.3 is 0 Å². The first-order valence-electron chi connectivity index (χ1n) is 10.6. The highest BCUT2D eigenvalue weighted by Gasteiger charge is 2.24. The third-order valence-corrected chi connectivity index (χ3v) is 5.36. The van der Waals surface area contributed by atoms with Crippen LogP contribution in [0.3, 0.4) is 0 Å². The van der Waals surface area contributed by atoms with E-state index in [0.29, 0.717) is 13.1 Å². The molecule has 1 amide bonds. The molecule has 0 saturated carbocycles. The van der Waals surface area contributed by atoms with Crippen LogP contribution in [0.15, 0.2) is 47.6 Å². The molecule has 0 aliphatic carbocycles. The number of carbonyl (C=O) groups is 1. The lowest BCUT2D eigenvalue weighted by atomic mass is 9.96. The molecule has 1 aromatic carbocycles. The van der Waals surface area contributed by atoms with Crippen molar-refractivity contribution in [3.05, 3.63) is 59.3 Å². The molecule has 168 valence electrons. The van der Waals surface area contributed by atoms with E-state index in [0.717, 1.165) is 49.8 Å². The molecular formula is C23H33IN6O. The first-order valence-corrected chi connectivity index (χ1v) is 10.6. The fourth-order valence-electron chi connectivity index (χ4n) is 3.73. The van der Waals surface area contributed by atoms with Crippen LogP contribution in [-0.4, -0.2) is 36.5 Å². The first kappa shape index (κ1) is 24.9. The van der Waals surface area contributed by atoms with Crippen LogP contribution in [0.1, 0.15) is 36.5 Å². The Labute approximate surface area is 201 Å². The number of halogens is 1. The lowest BCUT2D eigenvalue weighted by Gasteiger charge is -2.32. The summed E-state index contributed by atoms with van der Waals surface area (Å²) < 4.78 is 0. The Balaban J connectivity index is 0.00000341. The number of amides is 1. The standard InChI is InChI=1S/C23H32N6O.HI/c1-3-25-23(27-15-18-7-4-6-17(2)14-18)28-16-20-8-5-11-26-22(20)29-12-9-19(10-13-29)21(24)30;/h4-8,11,14,19H,3,9-10,12-13,15-16H2,1-2H3,(H2,24,30)(H2,25,27,28);1H. The van der Waals surface area contributed by atoms with Crippen molar-refractivity contribution >= 4 is 41.7 Å². The normalized spacial score (nSPS) is 14.6. The molecule has 1 aliphatic rings. The summed E-state index contributed by atoms with van der Waals surface area (Å²) in [6, 6.07) is 12.4. The van der Waals surface area contributed by atoms with Gasteiger partial charge in [-0.15, -0.1) is 24.0 Å². The Morgan fingerprint density at radius 2 is 2.00 bits per heavy atom. The molecule has 8 heteroatoms. The van der Waals surface area contributed by atoms with Gasteiger partial charge in [-0.25, -0.2) is 9.98 Å². The predicted octanol–water partition coefficient (Wildman–Crippen LogP) is 2.97. The average Bonchev–Trinajstić information content (AvgIpc) is 2.76. The number of carbonyl (C=O) groups excluding carboxylic acids is 1. The summed E-state index contributed by atoms with van der Waals surface area (Å²) in [5, 5.41) is 6.73. The number of anilines is 1. The first-order chi connectivity index (χ1) is 14.6. The summed E-state index contributed by atoms with van der Waals surface area (Å²) in [6.07, 6.45) is 3.37. The second kappa shape index (κ2) is 12.5. The summed E-state index contributed by atoms with van der Waals surface area (Å²) in [7, 11) is 0. The highest BCUT2D eigenvalue weighted by atomic mass is 127. The number of rotatable bonds is 7. The third-order valence-electron chi connectivity index (χ3n) is 5.36. The van der Waals surface area contributed by atoms with Gasteiger partial charge in [-0.1, -0.05) is 35.9 Å². The number of pyridine rings is 1. The van der Waals surface area contributed by atoms with E-state index in [1.807, 2.05) is 12.3 Å². The number of piperidine rings is 1. The van der Waals surface area contributed by atoms with Crippen molar-refractivity contribution in [1.29, 1.82) is 0 Å². The largest absolute Gasteiger partial charge is 0.369 e. The van der Waals surface area contributed by atoms with E-state index in [-0.39, 0.29) is 35.8 Å². The SMILES string of the molecule is CCNC(=NCc1cccc(C)c1)NCc1cccnc1N1CCC(C(N)=O)CC1.I. The lowest BCUT2D eigenvalue weighted by Crippen LogP contribution is -2.40. The molecule has 1 fully saturated rings. The number of aryl methyl sites for hydroxylation is 1. The molecule has 7 nitrogen and oxygen atoms in total. The van der Waals surface area contributed by atoms with Crippen molar-refractivity contribution in [2.75, 3.05) is 24.5 Å². The predicted molar refractivity (Wildman–Crippen MR) is 137 cm³/mol. The van der Waals surface area contributed by atoms with Crippen LogP contribution >= 0.6 is 24.0 Å². The molecular weight excluding hydrogens is 503 g/mol. The van der Waals surface area contributed by atoms with E-state index in [9.17, 15) is 4.79 Å². The van der Waals surface area contributed by atoms with E-state index in [2.05, 4.69) is 64.7 Å². The number of nitrogens with zero attached hydrogens (tertiary/aromatic N) is 3. The van der Waals surface area contributed by atoms with Crippen LogP contribution < -0.4 is 21.3 Å². The number of aliphatic imine (C=N–C) groups is 1. The van der Waals surface area contributed by atoms with E-state index >= 15 is 0 Å².